The van der Waals surface area contributed by atoms with Crippen molar-refractivity contribution in [2.24, 2.45) is 0 Å². The summed E-state index contributed by atoms with van der Waals surface area (Å²) in [4.78, 5) is 14.4. The molecule has 100 valence electrons. The van der Waals surface area contributed by atoms with Crippen LogP contribution in [0, 0.1) is 6.92 Å². The van der Waals surface area contributed by atoms with Gasteiger partial charge < -0.3 is 4.90 Å². The molecule has 0 radical (unpaired) electrons. The van der Waals surface area contributed by atoms with Gasteiger partial charge in [-0.05, 0) is 31.0 Å². The van der Waals surface area contributed by atoms with E-state index in [1.807, 2.05) is 30.0 Å². The van der Waals surface area contributed by atoms with Crippen molar-refractivity contribution in [2.45, 2.75) is 26.7 Å². The van der Waals surface area contributed by atoms with Gasteiger partial charge in [0, 0.05) is 28.5 Å². The van der Waals surface area contributed by atoms with Crippen molar-refractivity contribution in [3.05, 3.63) is 33.8 Å². The molecule has 0 aliphatic rings. The molecule has 4 heteroatoms. The predicted octanol–water partition coefficient (Wildman–Crippen LogP) is 4.39. The second-order valence-corrected chi connectivity index (χ2v) is 6.00. The Labute approximate surface area is 126 Å². The van der Waals surface area contributed by atoms with Gasteiger partial charge in [0.1, 0.15) is 0 Å². The first kappa shape index (κ1) is 15.7. The Morgan fingerprint density at radius 2 is 2.06 bits per heavy atom. The van der Waals surface area contributed by atoms with Crippen LogP contribution in [0.5, 0.6) is 0 Å². The number of nitrogens with zero attached hydrogens (tertiary/aromatic N) is 1. The second kappa shape index (κ2) is 7.95. The highest BCUT2D eigenvalue weighted by Crippen LogP contribution is 2.18. The Bertz CT molecular complexity index is 407. The van der Waals surface area contributed by atoms with Gasteiger partial charge in [-0.3, -0.25) is 4.79 Å². The number of unbranched alkanes of at least 4 members (excludes halogenated alkanes) is 1. The standard InChI is InChI=1S/C14H19Br2NO/c1-3-4-8-17(9-7-15)14(18)13-10-12(16)6-5-11(13)2/h5-6,10H,3-4,7-9H2,1-2H3. The molecule has 18 heavy (non-hydrogen) atoms. The Hall–Kier alpha value is -0.350. The molecular formula is C14H19Br2NO. The lowest BCUT2D eigenvalue weighted by Crippen LogP contribution is -2.34. The van der Waals surface area contributed by atoms with E-state index in [9.17, 15) is 4.79 Å². The van der Waals surface area contributed by atoms with Crippen LogP contribution in [0.15, 0.2) is 22.7 Å². The molecule has 1 aromatic rings. The zero-order valence-electron chi connectivity index (χ0n) is 10.9. The van der Waals surface area contributed by atoms with Crippen molar-refractivity contribution >= 4 is 37.8 Å². The van der Waals surface area contributed by atoms with Gasteiger partial charge in [0.05, 0.1) is 0 Å². The minimum absolute atomic E-state index is 0.127. The monoisotopic (exact) mass is 375 g/mol. The van der Waals surface area contributed by atoms with Crippen molar-refractivity contribution in [1.29, 1.82) is 0 Å². The van der Waals surface area contributed by atoms with Gasteiger partial charge in [0.15, 0.2) is 0 Å². The molecule has 1 amide bonds. The number of aryl methyl sites for hydroxylation is 1. The van der Waals surface area contributed by atoms with E-state index < -0.39 is 0 Å². The third-order valence-corrected chi connectivity index (χ3v) is 3.70. The van der Waals surface area contributed by atoms with Crippen LogP contribution in [0.4, 0.5) is 0 Å². The molecule has 0 fully saturated rings. The summed E-state index contributed by atoms with van der Waals surface area (Å²) < 4.78 is 0.950. The van der Waals surface area contributed by atoms with Crippen LogP contribution in [0.3, 0.4) is 0 Å². The fourth-order valence-corrected chi connectivity index (χ4v) is 2.55. The maximum absolute atomic E-state index is 12.5. The second-order valence-electron chi connectivity index (χ2n) is 4.29. The highest BCUT2D eigenvalue weighted by atomic mass is 79.9. The van der Waals surface area contributed by atoms with Gasteiger partial charge in [-0.1, -0.05) is 51.3 Å². The summed E-state index contributed by atoms with van der Waals surface area (Å²) >= 11 is 6.84. The van der Waals surface area contributed by atoms with E-state index in [0.717, 1.165) is 46.9 Å². The summed E-state index contributed by atoms with van der Waals surface area (Å²) in [7, 11) is 0. The number of hydrogen-bond donors (Lipinski definition) is 0. The van der Waals surface area contributed by atoms with Crippen molar-refractivity contribution in [3.8, 4) is 0 Å². The van der Waals surface area contributed by atoms with Crippen LogP contribution in [0.1, 0.15) is 35.7 Å². The Morgan fingerprint density at radius 3 is 2.67 bits per heavy atom. The molecule has 2 nitrogen and oxygen atoms in total. The highest BCUT2D eigenvalue weighted by Gasteiger charge is 2.16. The summed E-state index contributed by atoms with van der Waals surface area (Å²) in [5.41, 5.74) is 1.82. The molecule has 0 unspecified atom stereocenters. The van der Waals surface area contributed by atoms with Crippen molar-refractivity contribution in [3.63, 3.8) is 0 Å². The largest absolute Gasteiger partial charge is 0.338 e. The maximum Gasteiger partial charge on any atom is 0.254 e. The minimum atomic E-state index is 0.127. The Kier molecular flexibility index (Phi) is 6.94. The summed E-state index contributed by atoms with van der Waals surface area (Å²) in [5, 5.41) is 0.815. The van der Waals surface area contributed by atoms with E-state index in [4.69, 9.17) is 0 Å². The normalized spacial score (nSPS) is 10.4. The van der Waals surface area contributed by atoms with E-state index in [0.29, 0.717) is 0 Å². The highest BCUT2D eigenvalue weighted by molar-refractivity contribution is 9.10. The van der Waals surface area contributed by atoms with Crippen molar-refractivity contribution < 1.29 is 4.79 Å². The summed E-state index contributed by atoms with van der Waals surface area (Å²) in [6.07, 6.45) is 2.15. The third-order valence-electron chi connectivity index (χ3n) is 2.85. The first-order valence-electron chi connectivity index (χ1n) is 6.21. The van der Waals surface area contributed by atoms with Gasteiger partial charge in [-0.2, -0.15) is 0 Å². The fourth-order valence-electron chi connectivity index (χ4n) is 1.76. The predicted molar refractivity (Wildman–Crippen MR) is 83.5 cm³/mol. The number of rotatable bonds is 6. The maximum atomic E-state index is 12.5. The number of hydrogen-bond acceptors (Lipinski definition) is 1. The first-order chi connectivity index (χ1) is 8.60. The number of carbonyl (C=O) groups is 1. The SMILES string of the molecule is CCCCN(CCBr)C(=O)c1cc(Br)ccc1C. The average molecular weight is 377 g/mol. The van der Waals surface area contributed by atoms with Crippen molar-refractivity contribution in [2.75, 3.05) is 18.4 Å². The van der Waals surface area contributed by atoms with Gasteiger partial charge in [0.2, 0.25) is 0 Å². The van der Waals surface area contributed by atoms with Crippen LogP contribution in [-0.2, 0) is 0 Å². The summed E-state index contributed by atoms with van der Waals surface area (Å²) in [6.45, 7) is 5.70. The van der Waals surface area contributed by atoms with E-state index in [1.165, 1.54) is 0 Å². The Morgan fingerprint density at radius 1 is 1.33 bits per heavy atom. The minimum Gasteiger partial charge on any atom is -0.338 e. The smallest absolute Gasteiger partial charge is 0.254 e. The van der Waals surface area contributed by atoms with E-state index in [1.54, 1.807) is 0 Å². The molecule has 0 N–H and O–H groups in total. The third kappa shape index (κ3) is 4.39. The van der Waals surface area contributed by atoms with Gasteiger partial charge >= 0.3 is 0 Å². The molecule has 0 spiro atoms. The van der Waals surface area contributed by atoms with Crippen molar-refractivity contribution in [1.82, 2.24) is 4.90 Å². The lowest BCUT2D eigenvalue weighted by molar-refractivity contribution is 0.0763. The molecule has 0 saturated carbocycles. The van der Waals surface area contributed by atoms with Crippen LogP contribution >= 0.6 is 31.9 Å². The number of alkyl halides is 1. The van der Waals surface area contributed by atoms with Gasteiger partial charge in [-0.15, -0.1) is 0 Å². The molecule has 1 aromatic carbocycles. The molecular weight excluding hydrogens is 358 g/mol. The van der Waals surface area contributed by atoms with Crippen LogP contribution in [0.25, 0.3) is 0 Å². The number of halogens is 2. The first-order valence-corrected chi connectivity index (χ1v) is 8.13. The molecule has 0 bridgehead atoms. The van der Waals surface area contributed by atoms with Crippen LogP contribution in [0.2, 0.25) is 0 Å². The zero-order valence-corrected chi connectivity index (χ0v) is 14.1. The lowest BCUT2D eigenvalue weighted by atomic mass is 10.1. The number of carbonyl (C=O) groups excluding carboxylic acids is 1. The quantitative estimate of drug-likeness (QED) is 0.674. The van der Waals surface area contributed by atoms with E-state index >= 15 is 0 Å². The average Bonchev–Trinajstić information content (AvgIpc) is 2.36. The molecule has 0 aromatic heterocycles. The molecule has 0 aliphatic carbocycles. The Balaban J connectivity index is 2.90. The van der Waals surface area contributed by atoms with Crippen LogP contribution in [-0.4, -0.2) is 29.2 Å². The molecule has 0 atom stereocenters. The topological polar surface area (TPSA) is 20.3 Å². The molecule has 0 aliphatic heterocycles. The number of benzene rings is 1. The molecule has 1 rings (SSSR count). The van der Waals surface area contributed by atoms with E-state index in [2.05, 4.69) is 38.8 Å². The number of amides is 1. The molecule has 0 saturated heterocycles. The summed E-state index contributed by atoms with van der Waals surface area (Å²) in [5.74, 6) is 0.127. The van der Waals surface area contributed by atoms with Gasteiger partial charge in [-0.25, -0.2) is 0 Å². The lowest BCUT2D eigenvalue weighted by Gasteiger charge is -2.22. The zero-order chi connectivity index (χ0) is 13.5. The van der Waals surface area contributed by atoms with E-state index in [-0.39, 0.29) is 5.91 Å². The summed E-state index contributed by atoms with van der Waals surface area (Å²) in [6, 6.07) is 5.85. The fraction of sp³-hybridized carbons (Fsp3) is 0.500. The van der Waals surface area contributed by atoms with Crippen LogP contribution < -0.4 is 0 Å². The molecule has 0 heterocycles. The van der Waals surface area contributed by atoms with Gasteiger partial charge in [0.25, 0.3) is 5.91 Å².